The molecule has 10 nitrogen and oxygen atoms in total. The second-order valence-electron chi connectivity index (χ2n) is 9.07. The molecule has 1 saturated carbocycles. The third kappa shape index (κ3) is 4.91. The Morgan fingerprint density at radius 2 is 1.77 bits per heavy atom. The molecule has 4 rings (SSSR count). The van der Waals surface area contributed by atoms with Crippen molar-refractivity contribution >= 4 is 40.8 Å². The van der Waals surface area contributed by atoms with E-state index >= 15 is 0 Å². The second kappa shape index (κ2) is 9.65. The van der Waals surface area contributed by atoms with Crippen molar-refractivity contribution in [1.82, 2.24) is 0 Å². The molecule has 2 aromatic rings. The maximum atomic E-state index is 12.9. The molecule has 1 aliphatic carbocycles. The first-order chi connectivity index (χ1) is 16.7. The van der Waals surface area contributed by atoms with Gasteiger partial charge in [0.15, 0.2) is 6.61 Å². The second-order valence-corrected chi connectivity index (χ2v) is 9.07. The number of benzene rings is 2. The Morgan fingerprint density at radius 1 is 1.09 bits per heavy atom. The number of esters is 1. The quantitative estimate of drug-likeness (QED) is 0.289. The third-order valence-corrected chi connectivity index (χ3v) is 6.57. The maximum Gasteiger partial charge on any atom is 0.338 e. The highest BCUT2D eigenvalue weighted by Gasteiger charge is 2.49. The van der Waals surface area contributed by atoms with Crippen LogP contribution < -0.4 is 10.2 Å². The lowest BCUT2D eigenvalue weighted by atomic mass is 9.76. The number of amides is 3. The van der Waals surface area contributed by atoms with Gasteiger partial charge in [0.05, 0.1) is 28.0 Å². The van der Waals surface area contributed by atoms with Crippen molar-refractivity contribution in [3.8, 4) is 0 Å². The van der Waals surface area contributed by atoms with E-state index in [1.807, 2.05) is 0 Å². The first kappa shape index (κ1) is 24.1. The third-order valence-electron chi connectivity index (χ3n) is 6.57. The minimum atomic E-state index is -0.761. The zero-order chi connectivity index (χ0) is 25.3. The first-order valence-corrected chi connectivity index (χ1v) is 11.4. The number of imide groups is 1. The van der Waals surface area contributed by atoms with Crippen LogP contribution in [0, 0.1) is 34.8 Å². The SMILES string of the molecule is Cc1ccc(NC(=O)COC(=O)c2ccc(N3C(=O)[C@@H]4CC[C@H](C)C[C@H]4C3=O)cc2)cc1[N+](=O)[O-]. The lowest BCUT2D eigenvalue weighted by molar-refractivity contribution is -0.385. The van der Waals surface area contributed by atoms with Crippen LogP contribution >= 0.6 is 0 Å². The number of rotatable bonds is 6. The highest BCUT2D eigenvalue weighted by Crippen LogP contribution is 2.42. The topological polar surface area (TPSA) is 136 Å². The van der Waals surface area contributed by atoms with Gasteiger partial charge >= 0.3 is 5.97 Å². The van der Waals surface area contributed by atoms with Gasteiger partial charge in [-0.05, 0) is 62.4 Å². The zero-order valence-electron chi connectivity index (χ0n) is 19.4. The van der Waals surface area contributed by atoms with Crippen molar-refractivity contribution in [2.24, 2.45) is 17.8 Å². The van der Waals surface area contributed by atoms with E-state index < -0.39 is 23.4 Å². The van der Waals surface area contributed by atoms with Crippen LogP contribution in [-0.2, 0) is 19.1 Å². The van der Waals surface area contributed by atoms with Crippen LogP contribution in [0.2, 0.25) is 0 Å². The number of aryl methyl sites for hydroxylation is 1. The molecular formula is C25H25N3O7. The number of fused-ring (bicyclic) bond motifs is 1. The Morgan fingerprint density at radius 3 is 2.46 bits per heavy atom. The Balaban J connectivity index is 1.35. The fraction of sp³-hybridized carbons (Fsp3) is 0.360. The fourth-order valence-corrected chi connectivity index (χ4v) is 4.69. The minimum absolute atomic E-state index is 0.136. The standard InChI is InChI=1S/C25H25N3O7/c1-14-3-10-19-20(11-14)24(31)27(23(19)30)18-8-5-16(6-9-18)25(32)35-13-22(29)26-17-7-4-15(2)21(12-17)28(33)34/h4-9,12,14,19-20H,3,10-11,13H2,1-2H3,(H,26,29)/t14-,19+,20+/m0/s1. The van der Waals surface area contributed by atoms with Gasteiger partial charge in [-0.3, -0.25) is 29.4 Å². The molecule has 0 radical (unpaired) electrons. The minimum Gasteiger partial charge on any atom is -0.452 e. The van der Waals surface area contributed by atoms with Crippen molar-refractivity contribution < 1.29 is 28.8 Å². The predicted octanol–water partition coefficient (Wildman–Crippen LogP) is 3.62. The van der Waals surface area contributed by atoms with Gasteiger partial charge in [0.25, 0.3) is 11.6 Å². The van der Waals surface area contributed by atoms with Crippen molar-refractivity contribution in [2.45, 2.75) is 33.1 Å². The van der Waals surface area contributed by atoms with Gasteiger partial charge in [0.1, 0.15) is 0 Å². The summed E-state index contributed by atoms with van der Waals surface area (Å²) in [7, 11) is 0. The summed E-state index contributed by atoms with van der Waals surface area (Å²) in [5.74, 6) is -1.98. The molecule has 0 aromatic heterocycles. The Hall–Kier alpha value is -4.08. The zero-order valence-corrected chi connectivity index (χ0v) is 19.4. The average Bonchev–Trinajstić information content (AvgIpc) is 3.07. The molecule has 0 spiro atoms. The number of nitrogens with one attached hydrogen (secondary N) is 1. The predicted molar refractivity (Wildman–Crippen MR) is 126 cm³/mol. The molecule has 35 heavy (non-hydrogen) atoms. The van der Waals surface area contributed by atoms with E-state index in [2.05, 4.69) is 12.2 Å². The van der Waals surface area contributed by atoms with Gasteiger partial charge in [-0.15, -0.1) is 0 Å². The number of nitrogens with zero attached hydrogens (tertiary/aromatic N) is 2. The number of hydrogen-bond acceptors (Lipinski definition) is 7. The molecule has 0 unspecified atom stereocenters. The number of ether oxygens (including phenoxy) is 1. The van der Waals surface area contributed by atoms with Crippen LogP contribution in [0.1, 0.15) is 42.1 Å². The summed E-state index contributed by atoms with van der Waals surface area (Å²) in [4.78, 5) is 61.8. The summed E-state index contributed by atoms with van der Waals surface area (Å²) < 4.78 is 5.03. The van der Waals surface area contributed by atoms with Gasteiger partial charge in [-0.1, -0.05) is 13.0 Å². The Labute approximate surface area is 201 Å². The number of carbonyl (C=O) groups is 4. The summed E-state index contributed by atoms with van der Waals surface area (Å²) in [5, 5.41) is 13.5. The van der Waals surface area contributed by atoms with E-state index in [0.717, 1.165) is 6.42 Å². The van der Waals surface area contributed by atoms with Crippen LogP contribution in [0.5, 0.6) is 0 Å². The molecule has 1 saturated heterocycles. The van der Waals surface area contributed by atoms with Crippen molar-refractivity contribution in [2.75, 3.05) is 16.8 Å². The van der Waals surface area contributed by atoms with Gasteiger partial charge in [0.2, 0.25) is 11.8 Å². The van der Waals surface area contributed by atoms with Crippen LogP contribution in [0.3, 0.4) is 0 Å². The summed E-state index contributed by atoms with van der Waals surface area (Å²) >= 11 is 0. The van der Waals surface area contributed by atoms with E-state index in [1.165, 1.54) is 47.4 Å². The number of hydrogen-bond donors (Lipinski definition) is 1. The Kier molecular flexibility index (Phi) is 6.63. The monoisotopic (exact) mass is 479 g/mol. The molecule has 1 heterocycles. The van der Waals surface area contributed by atoms with E-state index in [-0.39, 0.29) is 40.6 Å². The molecule has 182 valence electrons. The molecule has 0 bridgehead atoms. The number of anilines is 2. The van der Waals surface area contributed by atoms with E-state index in [9.17, 15) is 29.3 Å². The largest absolute Gasteiger partial charge is 0.452 e. The summed E-state index contributed by atoms with van der Waals surface area (Å²) in [6, 6.07) is 10.1. The highest BCUT2D eigenvalue weighted by atomic mass is 16.6. The normalized spacial score (nSPS) is 21.4. The van der Waals surface area contributed by atoms with Crippen LogP contribution in [0.4, 0.5) is 17.1 Å². The number of nitro groups is 1. The van der Waals surface area contributed by atoms with Crippen molar-refractivity contribution in [3.63, 3.8) is 0 Å². The first-order valence-electron chi connectivity index (χ1n) is 11.4. The fourth-order valence-electron chi connectivity index (χ4n) is 4.69. The van der Waals surface area contributed by atoms with E-state index in [4.69, 9.17) is 4.74 Å². The van der Waals surface area contributed by atoms with Crippen molar-refractivity contribution in [3.05, 3.63) is 63.7 Å². The molecule has 3 atom stereocenters. The van der Waals surface area contributed by atoms with E-state index in [0.29, 0.717) is 30.0 Å². The molecule has 1 N–H and O–H groups in total. The molecule has 1 aliphatic heterocycles. The number of carbonyl (C=O) groups excluding carboxylic acids is 4. The smallest absolute Gasteiger partial charge is 0.338 e. The van der Waals surface area contributed by atoms with Gasteiger partial charge in [0, 0.05) is 17.3 Å². The van der Waals surface area contributed by atoms with Crippen LogP contribution in [0.25, 0.3) is 0 Å². The van der Waals surface area contributed by atoms with E-state index in [1.54, 1.807) is 6.92 Å². The van der Waals surface area contributed by atoms with Crippen LogP contribution in [-0.4, -0.2) is 35.2 Å². The lowest BCUT2D eigenvalue weighted by Gasteiger charge is -2.25. The van der Waals surface area contributed by atoms with Crippen molar-refractivity contribution in [1.29, 1.82) is 0 Å². The lowest BCUT2D eigenvalue weighted by Crippen LogP contribution is -2.30. The van der Waals surface area contributed by atoms with Gasteiger partial charge < -0.3 is 10.1 Å². The molecule has 2 fully saturated rings. The number of nitro benzene ring substituents is 1. The molecule has 2 aromatic carbocycles. The van der Waals surface area contributed by atoms with Crippen LogP contribution in [0.15, 0.2) is 42.5 Å². The molecule has 3 amide bonds. The average molecular weight is 479 g/mol. The summed E-state index contributed by atoms with van der Waals surface area (Å²) in [6.07, 6.45) is 2.33. The molecule has 10 heteroatoms. The summed E-state index contributed by atoms with van der Waals surface area (Å²) in [6.45, 7) is 3.08. The highest BCUT2D eigenvalue weighted by molar-refractivity contribution is 6.22. The molecule has 2 aliphatic rings. The molecular weight excluding hydrogens is 454 g/mol. The summed E-state index contributed by atoms with van der Waals surface area (Å²) in [5.41, 5.74) is 1.08. The maximum absolute atomic E-state index is 12.9. The van der Waals surface area contributed by atoms with Gasteiger partial charge in [-0.2, -0.15) is 0 Å². The Bertz CT molecular complexity index is 1210. The van der Waals surface area contributed by atoms with Gasteiger partial charge in [-0.25, -0.2) is 4.79 Å².